The molecule has 1 saturated heterocycles. The number of sulfonamides is 1. The molecule has 13 nitrogen and oxygen atoms in total. The number of likely N-dealkylation sites (N-methyl/N-ethyl adjacent to an activating group) is 1. The number of allylic oxidation sites excluding steroid dienone is 1. The van der Waals surface area contributed by atoms with Crippen LogP contribution in [-0.4, -0.2) is 95.7 Å². The molecule has 2 unspecified atom stereocenters. The highest BCUT2D eigenvalue weighted by molar-refractivity contribution is 7.91. The minimum atomic E-state index is -4.65. The van der Waals surface area contributed by atoms with Gasteiger partial charge in [0.05, 0.1) is 23.9 Å². The van der Waals surface area contributed by atoms with E-state index in [-0.39, 0.29) is 41.7 Å². The first kappa shape index (κ1) is 37.8. The van der Waals surface area contributed by atoms with Crippen molar-refractivity contribution in [3.05, 3.63) is 47.0 Å². The number of methoxy groups -OCH3 is 1. The number of rotatable bonds is 7. The first-order chi connectivity index (χ1) is 25.5. The summed E-state index contributed by atoms with van der Waals surface area (Å²) >= 11 is 0.784. The average Bonchev–Trinajstić information content (AvgIpc) is 3.88. The molecule has 1 aromatic carbocycles. The molecule has 2 aliphatic carbocycles. The number of pyridine rings is 1. The van der Waals surface area contributed by atoms with E-state index in [2.05, 4.69) is 20.0 Å². The standard InChI is InChI=1S/C36H41F3N6O7S2/c1-20-26(51-4)11-10-23-27(16-24(40-29(20)23)30-41-28(19-53-30)36(37,38)39)52-22-15-25-31(46)44(3)14-8-6-5-7-9-21-17-35(21,42-33(48)45(25)18-22)32(47)43-54(49,50)34(2)12-13-34/h7,9-11,16,19,21-22,25H,5-6,8,12-15,17-18H2,1-4H3,(H,42,48)(H,43,47)/b9-7-/t21?,22-,25?,35+/m0/s1. The number of amides is 4. The number of benzene rings is 1. The maximum Gasteiger partial charge on any atom is 0.434 e. The number of thiazole rings is 1. The van der Waals surface area contributed by atoms with Crippen molar-refractivity contribution in [3.8, 4) is 22.2 Å². The van der Waals surface area contributed by atoms with Gasteiger partial charge in [-0.15, -0.1) is 11.3 Å². The largest absolute Gasteiger partial charge is 0.496 e. The molecule has 4 atom stereocenters. The quantitative estimate of drug-likeness (QED) is 0.308. The Hall–Kier alpha value is -4.45. The number of hydrogen-bond acceptors (Lipinski definition) is 10. The zero-order chi connectivity index (χ0) is 38.8. The second-order valence-electron chi connectivity index (χ2n) is 14.8. The smallest absolute Gasteiger partial charge is 0.434 e. The summed E-state index contributed by atoms with van der Waals surface area (Å²) in [6.07, 6.45) is 1.56. The van der Waals surface area contributed by atoms with Gasteiger partial charge in [-0.1, -0.05) is 12.2 Å². The molecule has 3 aromatic rings. The Labute approximate surface area is 314 Å². The number of nitrogens with zero attached hydrogens (tertiary/aromatic N) is 4. The third-order valence-electron chi connectivity index (χ3n) is 10.9. The Kier molecular flexibility index (Phi) is 9.59. The fourth-order valence-corrected chi connectivity index (χ4v) is 9.21. The van der Waals surface area contributed by atoms with Crippen LogP contribution in [-0.2, 0) is 25.8 Å². The molecular formula is C36H41F3N6O7S2. The van der Waals surface area contributed by atoms with Gasteiger partial charge in [-0.25, -0.2) is 23.2 Å². The van der Waals surface area contributed by atoms with Crippen molar-refractivity contribution in [3.63, 3.8) is 0 Å². The number of aromatic nitrogens is 2. The Morgan fingerprint density at radius 3 is 2.59 bits per heavy atom. The second-order valence-corrected chi connectivity index (χ2v) is 17.8. The number of carbonyl (C=O) groups excluding carboxylic acids is 3. The maximum absolute atomic E-state index is 14.2. The number of urea groups is 1. The van der Waals surface area contributed by atoms with Crippen LogP contribution in [0.4, 0.5) is 18.0 Å². The summed E-state index contributed by atoms with van der Waals surface area (Å²) in [5.41, 5.74) is -1.43. The van der Waals surface area contributed by atoms with Crippen molar-refractivity contribution < 1.29 is 45.4 Å². The molecule has 2 N–H and O–H groups in total. The molecule has 4 heterocycles. The molecule has 18 heteroatoms. The molecule has 2 saturated carbocycles. The molecule has 4 amide bonds. The first-order valence-corrected chi connectivity index (χ1v) is 20.1. The van der Waals surface area contributed by atoms with Crippen molar-refractivity contribution in [2.75, 3.05) is 27.2 Å². The molecule has 2 aromatic heterocycles. The van der Waals surface area contributed by atoms with E-state index in [1.54, 1.807) is 37.9 Å². The van der Waals surface area contributed by atoms with Crippen LogP contribution in [0, 0.1) is 12.8 Å². The number of halogens is 3. The molecule has 0 radical (unpaired) electrons. The van der Waals surface area contributed by atoms with Gasteiger partial charge < -0.3 is 24.6 Å². The van der Waals surface area contributed by atoms with Crippen LogP contribution in [0.25, 0.3) is 21.6 Å². The maximum atomic E-state index is 14.2. The van der Waals surface area contributed by atoms with Gasteiger partial charge in [-0.05, 0) is 64.5 Å². The topological polar surface area (TPSA) is 160 Å². The van der Waals surface area contributed by atoms with Gasteiger partial charge >= 0.3 is 12.2 Å². The van der Waals surface area contributed by atoms with Crippen LogP contribution in [0.3, 0.4) is 0 Å². The molecule has 4 aliphatic rings. The number of alkyl halides is 3. The van der Waals surface area contributed by atoms with E-state index in [9.17, 15) is 36.0 Å². The van der Waals surface area contributed by atoms with Crippen LogP contribution >= 0.6 is 11.3 Å². The van der Waals surface area contributed by atoms with Gasteiger partial charge in [-0.3, -0.25) is 14.3 Å². The fraction of sp³-hybridized carbons (Fsp3) is 0.528. The van der Waals surface area contributed by atoms with Crippen LogP contribution < -0.4 is 19.5 Å². The van der Waals surface area contributed by atoms with Gasteiger partial charge in [0.25, 0.3) is 5.91 Å². The van der Waals surface area contributed by atoms with Gasteiger partial charge in [0.15, 0.2) is 5.69 Å². The van der Waals surface area contributed by atoms with Crippen molar-refractivity contribution in [1.82, 2.24) is 29.8 Å². The van der Waals surface area contributed by atoms with Crippen molar-refractivity contribution >= 4 is 50.1 Å². The SMILES string of the molecule is COc1ccc2c(O[C@H]3CC4C(=O)N(C)CCCC/C=C\C5C[C@@]5(C(=O)NS(=O)(=O)C5(C)CC5)NC(=O)N4C3)cc(-c3nc(C(F)(F)F)cs3)nc2c1C. The molecular weight excluding hydrogens is 750 g/mol. The summed E-state index contributed by atoms with van der Waals surface area (Å²) in [4.78, 5) is 53.2. The minimum Gasteiger partial charge on any atom is -0.496 e. The highest BCUT2D eigenvalue weighted by Crippen LogP contribution is 2.48. The van der Waals surface area contributed by atoms with Crippen molar-refractivity contribution in [2.45, 2.75) is 87.4 Å². The Bertz CT molecular complexity index is 2150. The van der Waals surface area contributed by atoms with Crippen LogP contribution in [0.15, 0.2) is 35.7 Å². The Morgan fingerprint density at radius 2 is 1.91 bits per heavy atom. The van der Waals surface area contributed by atoms with Gasteiger partial charge in [0.1, 0.15) is 39.9 Å². The molecule has 0 bridgehead atoms. The van der Waals surface area contributed by atoms with E-state index in [4.69, 9.17) is 9.47 Å². The van der Waals surface area contributed by atoms with Gasteiger partial charge in [0, 0.05) is 48.3 Å². The Balaban J connectivity index is 1.21. The zero-order valence-corrected chi connectivity index (χ0v) is 31.8. The zero-order valence-electron chi connectivity index (χ0n) is 30.2. The molecule has 54 heavy (non-hydrogen) atoms. The van der Waals surface area contributed by atoms with Crippen LogP contribution in [0.5, 0.6) is 11.5 Å². The van der Waals surface area contributed by atoms with E-state index in [1.807, 2.05) is 12.2 Å². The average molecular weight is 791 g/mol. The lowest BCUT2D eigenvalue weighted by Gasteiger charge is -2.30. The molecule has 7 rings (SSSR count). The number of ether oxygens (including phenoxy) is 2. The third-order valence-corrected chi connectivity index (χ3v) is 13.9. The highest BCUT2D eigenvalue weighted by Gasteiger charge is 2.63. The molecule has 2 aliphatic heterocycles. The summed E-state index contributed by atoms with van der Waals surface area (Å²) < 4.78 is 79.8. The van der Waals surface area contributed by atoms with Crippen molar-refractivity contribution in [2.24, 2.45) is 5.92 Å². The number of nitrogens with one attached hydrogen (secondary N) is 2. The van der Waals surface area contributed by atoms with E-state index in [0.717, 1.165) is 23.1 Å². The third kappa shape index (κ3) is 6.97. The summed E-state index contributed by atoms with van der Waals surface area (Å²) in [5.74, 6) is -0.856. The molecule has 0 spiro atoms. The van der Waals surface area contributed by atoms with E-state index in [0.29, 0.717) is 54.4 Å². The van der Waals surface area contributed by atoms with Crippen LogP contribution in [0.1, 0.15) is 63.1 Å². The monoisotopic (exact) mass is 790 g/mol. The van der Waals surface area contributed by atoms with Crippen molar-refractivity contribution in [1.29, 1.82) is 0 Å². The summed E-state index contributed by atoms with van der Waals surface area (Å²) in [7, 11) is -0.852. The second kappa shape index (κ2) is 13.7. The molecule has 290 valence electrons. The Morgan fingerprint density at radius 1 is 1.15 bits per heavy atom. The summed E-state index contributed by atoms with van der Waals surface area (Å²) in [5, 5.41) is 4.27. The summed E-state index contributed by atoms with van der Waals surface area (Å²) in [6.45, 7) is 3.69. The lowest BCUT2D eigenvalue weighted by molar-refractivity contribution is -0.140. The lowest BCUT2D eigenvalue weighted by Crippen LogP contribution is -2.58. The van der Waals surface area contributed by atoms with Gasteiger partial charge in [-0.2, -0.15) is 13.2 Å². The summed E-state index contributed by atoms with van der Waals surface area (Å²) in [6, 6.07) is 3.21. The predicted molar refractivity (Wildman–Crippen MR) is 193 cm³/mol. The molecule has 3 fully saturated rings. The highest BCUT2D eigenvalue weighted by atomic mass is 32.2. The first-order valence-electron chi connectivity index (χ1n) is 17.7. The van der Waals surface area contributed by atoms with E-state index < -0.39 is 62.2 Å². The predicted octanol–water partition coefficient (Wildman–Crippen LogP) is 5.18. The number of fused-ring (bicyclic) bond motifs is 3. The minimum absolute atomic E-state index is 0.0186. The normalized spacial score (nSPS) is 26.3. The number of hydrogen-bond donors (Lipinski definition) is 2. The lowest BCUT2D eigenvalue weighted by atomic mass is 10.1. The number of carbonyl (C=O) groups is 3. The number of aryl methyl sites for hydroxylation is 1. The van der Waals surface area contributed by atoms with E-state index in [1.165, 1.54) is 18.1 Å². The van der Waals surface area contributed by atoms with E-state index >= 15 is 0 Å². The van der Waals surface area contributed by atoms with Gasteiger partial charge in [0.2, 0.25) is 15.9 Å². The fourth-order valence-electron chi connectivity index (χ4n) is 7.11. The van der Waals surface area contributed by atoms with Crippen LogP contribution in [0.2, 0.25) is 0 Å².